The summed E-state index contributed by atoms with van der Waals surface area (Å²) in [4.78, 5) is 0. The molecule has 20 heavy (non-hydrogen) atoms. The van der Waals surface area contributed by atoms with Crippen molar-refractivity contribution < 1.29 is 8.42 Å². The standard InChI is InChI=1S/C15H18N2O2S/c1-2-13-5-3-4-6-15(13)17-20(18,19)11-12-7-9-14(16)10-8-12/h3-10,17H,2,11,16H2,1H3. The van der Waals surface area contributed by atoms with Crippen LogP contribution in [0.5, 0.6) is 0 Å². The van der Waals surface area contributed by atoms with Crippen LogP contribution in [0.15, 0.2) is 48.5 Å². The molecule has 106 valence electrons. The third-order valence-corrected chi connectivity index (χ3v) is 4.24. The normalized spacial score (nSPS) is 11.2. The molecule has 0 radical (unpaired) electrons. The van der Waals surface area contributed by atoms with Crippen molar-refractivity contribution in [3.8, 4) is 0 Å². The highest BCUT2D eigenvalue weighted by Gasteiger charge is 2.13. The van der Waals surface area contributed by atoms with Gasteiger partial charge >= 0.3 is 0 Å². The topological polar surface area (TPSA) is 72.2 Å². The van der Waals surface area contributed by atoms with Gasteiger partial charge in [0.15, 0.2) is 0 Å². The number of nitrogens with two attached hydrogens (primary N) is 1. The number of nitrogens with one attached hydrogen (secondary N) is 1. The van der Waals surface area contributed by atoms with Crippen molar-refractivity contribution in [3.05, 3.63) is 59.7 Å². The van der Waals surface area contributed by atoms with Crippen molar-refractivity contribution in [2.24, 2.45) is 0 Å². The van der Waals surface area contributed by atoms with Gasteiger partial charge in [-0.25, -0.2) is 8.42 Å². The maximum Gasteiger partial charge on any atom is 0.236 e. The molecule has 0 saturated heterocycles. The molecular formula is C15H18N2O2S. The molecule has 0 spiro atoms. The molecule has 0 fully saturated rings. The lowest BCUT2D eigenvalue weighted by Gasteiger charge is -2.11. The van der Waals surface area contributed by atoms with Crippen LogP contribution in [0.2, 0.25) is 0 Å². The Kier molecular flexibility index (Phi) is 4.29. The van der Waals surface area contributed by atoms with Crippen LogP contribution in [0, 0.1) is 0 Å². The molecule has 0 amide bonds. The first kappa shape index (κ1) is 14.4. The van der Waals surface area contributed by atoms with E-state index in [1.165, 1.54) is 0 Å². The minimum atomic E-state index is -3.42. The Labute approximate surface area is 119 Å². The molecule has 4 nitrogen and oxygen atoms in total. The van der Waals surface area contributed by atoms with E-state index >= 15 is 0 Å². The van der Waals surface area contributed by atoms with Gasteiger partial charge in [-0.15, -0.1) is 0 Å². The fourth-order valence-electron chi connectivity index (χ4n) is 1.97. The monoisotopic (exact) mass is 290 g/mol. The summed E-state index contributed by atoms with van der Waals surface area (Å²) in [6, 6.07) is 14.3. The van der Waals surface area contributed by atoms with E-state index in [-0.39, 0.29) is 5.75 Å². The summed E-state index contributed by atoms with van der Waals surface area (Å²) in [7, 11) is -3.42. The molecule has 0 aliphatic carbocycles. The van der Waals surface area contributed by atoms with Crippen LogP contribution in [-0.4, -0.2) is 8.42 Å². The third-order valence-electron chi connectivity index (χ3n) is 3.00. The second-order valence-corrected chi connectivity index (χ2v) is 6.34. The zero-order valence-corrected chi connectivity index (χ0v) is 12.2. The first-order chi connectivity index (χ1) is 9.50. The first-order valence-electron chi connectivity index (χ1n) is 6.43. The van der Waals surface area contributed by atoms with Gasteiger partial charge in [-0.05, 0) is 35.7 Å². The molecule has 3 N–H and O–H groups in total. The zero-order chi connectivity index (χ0) is 14.6. The Morgan fingerprint density at radius 3 is 2.35 bits per heavy atom. The average molecular weight is 290 g/mol. The first-order valence-corrected chi connectivity index (χ1v) is 8.08. The minimum Gasteiger partial charge on any atom is -0.399 e. The van der Waals surface area contributed by atoms with Gasteiger partial charge in [0.1, 0.15) is 0 Å². The second-order valence-electron chi connectivity index (χ2n) is 4.61. The predicted molar refractivity (Wildman–Crippen MR) is 82.9 cm³/mol. The summed E-state index contributed by atoms with van der Waals surface area (Å²) in [6.07, 6.45) is 0.778. The van der Waals surface area contributed by atoms with Gasteiger partial charge in [-0.1, -0.05) is 37.3 Å². The Morgan fingerprint density at radius 1 is 1.05 bits per heavy atom. The van der Waals surface area contributed by atoms with Crippen molar-refractivity contribution in [2.75, 3.05) is 10.5 Å². The Hall–Kier alpha value is -2.01. The predicted octanol–water partition coefficient (Wildman–Crippen LogP) is 2.77. The SMILES string of the molecule is CCc1ccccc1NS(=O)(=O)Cc1ccc(N)cc1. The maximum absolute atomic E-state index is 12.2. The van der Waals surface area contributed by atoms with Crippen LogP contribution >= 0.6 is 0 Å². The van der Waals surface area contributed by atoms with E-state index in [1.54, 1.807) is 30.3 Å². The molecule has 2 rings (SSSR count). The van der Waals surface area contributed by atoms with Crippen LogP contribution in [0.1, 0.15) is 18.1 Å². The number of hydrogen-bond acceptors (Lipinski definition) is 3. The van der Waals surface area contributed by atoms with Crippen LogP contribution < -0.4 is 10.5 Å². The number of rotatable bonds is 5. The summed E-state index contributed by atoms with van der Waals surface area (Å²) in [5.41, 5.74) is 8.54. The third kappa shape index (κ3) is 3.74. The van der Waals surface area contributed by atoms with Crippen LogP contribution in [0.25, 0.3) is 0 Å². The molecule has 0 heterocycles. The fourth-order valence-corrected chi connectivity index (χ4v) is 3.20. The van der Waals surface area contributed by atoms with Gasteiger partial charge in [-0.2, -0.15) is 0 Å². The van der Waals surface area contributed by atoms with Gasteiger partial charge in [-0.3, -0.25) is 4.72 Å². The molecule has 0 aromatic heterocycles. The van der Waals surface area contributed by atoms with E-state index in [0.717, 1.165) is 12.0 Å². The smallest absolute Gasteiger partial charge is 0.236 e. The van der Waals surface area contributed by atoms with E-state index in [2.05, 4.69) is 4.72 Å². The second kappa shape index (κ2) is 5.96. The van der Waals surface area contributed by atoms with Gasteiger partial charge in [0.2, 0.25) is 10.0 Å². The van der Waals surface area contributed by atoms with E-state index in [4.69, 9.17) is 5.73 Å². The number of aryl methyl sites for hydroxylation is 1. The number of hydrogen-bond donors (Lipinski definition) is 2. The van der Waals surface area contributed by atoms with Crippen molar-refractivity contribution in [1.82, 2.24) is 0 Å². The maximum atomic E-state index is 12.2. The molecule has 0 aliphatic rings. The van der Waals surface area contributed by atoms with Crippen molar-refractivity contribution in [1.29, 1.82) is 0 Å². The van der Waals surface area contributed by atoms with Crippen molar-refractivity contribution >= 4 is 21.4 Å². The Bertz CT molecular complexity index is 679. The molecule has 2 aromatic rings. The lowest BCUT2D eigenvalue weighted by atomic mass is 10.1. The molecule has 0 bridgehead atoms. The molecule has 0 aliphatic heterocycles. The number of para-hydroxylation sites is 1. The van der Waals surface area contributed by atoms with Crippen LogP contribution in [0.4, 0.5) is 11.4 Å². The zero-order valence-electron chi connectivity index (χ0n) is 11.3. The quantitative estimate of drug-likeness (QED) is 0.832. The lowest BCUT2D eigenvalue weighted by molar-refractivity contribution is 0.600. The average Bonchev–Trinajstić information content (AvgIpc) is 2.41. The van der Waals surface area contributed by atoms with Gasteiger partial charge in [0.05, 0.1) is 11.4 Å². The van der Waals surface area contributed by atoms with E-state index < -0.39 is 10.0 Å². The number of nitrogen functional groups attached to an aromatic ring is 1. The van der Waals surface area contributed by atoms with Crippen LogP contribution in [-0.2, 0) is 22.2 Å². The summed E-state index contributed by atoms with van der Waals surface area (Å²) < 4.78 is 27.0. The molecule has 5 heteroatoms. The number of benzene rings is 2. The highest BCUT2D eigenvalue weighted by atomic mass is 32.2. The summed E-state index contributed by atoms with van der Waals surface area (Å²) in [6.45, 7) is 1.99. The summed E-state index contributed by atoms with van der Waals surface area (Å²) in [5.74, 6) is -0.0642. The highest BCUT2D eigenvalue weighted by Crippen LogP contribution is 2.18. The van der Waals surface area contributed by atoms with Gasteiger partial charge < -0.3 is 5.73 Å². The largest absolute Gasteiger partial charge is 0.399 e. The van der Waals surface area contributed by atoms with Crippen LogP contribution in [0.3, 0.4) is 0 Å². The molecular weight excluding hydrogens is 272 g/mol. The van der Waals surface area contributed by atoms with Crippen molar-refractivity contribution in [3.63, 3.8) is 0 Å². The minimum absolute atomic E-state index is 0.0642. The fraction of sp³-hybridized carbons (Fsp3) is 0.200. The Balaban J connectivity index is 2.17. The van der Waals surface area contributed by atoms with Crippen molar-refractivity contribution in [2.45, 2.75) is 19.1 Å². The van der Waals surface area contributed by atoms with Gasteiger partial charge in [0, 0.05) is 5.69 Å². The summed E-state index contributed by atoms with van der Waals surface area (Å²) in [5, 5.41) is 0. The molecule has 2 aromatic carbocycles. The summed E-state index contributed by atoms with van der Waals surface area (Å²) >= 11 is 0. The van der Waals surface area contributed by atoms with E-state index in [1.807, 2.05) is 25.1 Å². The molecule has 0 saturated carbocycles. The Morgan fingerprint density at radius 2 is 1.70 bits per heavy atom. The van der Waals surface area contributed by atoms with E-state index in [9.17, 15) is 8.42 Å². The lowest BCUT2D eigenvalue weighted by Crippen LogP contribution is -2.16. The highest BCUT2D eigenvalue weighted by molar-refractivity contribution is 7.91. The van der Waals surface area contributed by atoms with Gasteiger partial charge in [0.25, 0.3) is 0 Å². The number of sulfonamides is 1. The molecule has 0 unspecified atom stereocenters. The number of anilines is 2. The molecule has 0 atom stereocenters. The van der Waals surface area contributed by atoms with E-state index in [0.29, 0.717) is 16.9 Å².